The van der Waals surface area contributed by atoms with E-state index in [0.717, 1.165) is 0 Å². The van der Waals surface area contributed by atoms with Crippen LogP contribution in [0.25, 0.3) is 0 Å². The monoisotopic (exact) mass is 170 g/mol. The zero-order valence-electron chi connectivity index (χ0n) is 6.38. The molecule has 0 aliphatic heterocycles. The van der Waals surface area contributed by atoms with Gasteiger partial charge in [0.25, 0.3) is 0 Å². The highest BCUT2D eigenvalue weighted by atomic mass is 32.2. The number of hydrogen-bond acceptors (Lipinski definition) is 3. The summed E-state index contributed by atoms with van der Waals surface area (Å²) in [5, 5.41) is 0. The topological polar surface area (TPSA) is 101 Å². The van der Waals surface area contributed by atoms with Crippen molar-refractivity contribution in [2.24, 2.45) is 0 Å². The third kappa shape index (κ3) is 10.7. The van der Waals surface area contributed by atoms with E-state index >= 15 is 0 Å². The van der Waals surface area contributed by atoms with E-state index < -0.39 is 15.8 Å². The molecular weight excluding hydrogens is 156 g/mol. The molecule has 0 rings (SSSR count). The molecule has 0 saturated heterocycles. The Bertz CT molecular complexity index is 179. The van der Waals surface area contributed by atoms with Crippen LogP contribution in [0.2, 0.25) is 0 Å². The minimum absolute atomic E-state index is 0. The van der Waals surface area contributed by atoms with Crippen LogP contribution in [-0.2, 0) is 10.3 Å². The highest BCUT2D eigenvalue weighted by Gasteiger charge is 2.16. The van der Waals surface area contributed by atoms with Crippen LogP contribution in [0.15, 0.2) is 0 Å². The molecular formula is C4H14N2O3S. The average Bonchev–Trinajstić information content (AvgIpc) is 1.14. The van der Waals surface area contributed by atoms with Crippen molar-refractivity contribution < 1.29 is 13.0 Å². The van der Waals surface area contributed by atoms with Crippen LogP contribution < -0.4 is 10.9 Å². The molecule has 0 aliphatic carbocycles. The molecule has 0 heterocycles. The smallest absolute Gasteiger partial charge is 0.333 e. The van der Waals surface area contributed by atoms with Gasteiger partial charge in [-0.05, 0) is 20.8 Å². The van der Waals surface area contributed by atoms with Crippen molar-refractivity contribution in [1.82, 2.24) is 10.9 Å². The fourth-order valence-electron chi connectivity index (χ4n) is 0.387. The predicted molar refractivity (Wildman–Crippen MR) is 39.5 cm³/mol. The molecule has 5 nitrogen and oxygen atoms in total. The fourth-order valence-corrected chi connectivity index (χ4v) is 1.16. The molecule has 0 aromatic carbocycles. The van der Waals surface area contributed by atoms with E-state index in [0.29, 0.717) is 0 Å². The predicted octanol–water partition coefficient (Wildman–Crippen LogP) is 0.339. The van der Waals surface area contributed by atoms with Crippen molar-refractivity contribution in [2.45, 2.75) is 26.3 Å². The summed E-state index contributed by atoms with van der Waals surface area (Å²) in [6, 6.07) is 0. The molecule has 0 aromatic rings. The Hall–Kier alpha value is -0.170. The molecule has 0 aromatic heterocycles. The van der Waals surface area contributed by atoms with Gasteiger partial charge in [0.2, 0.25) is 0 Å². The summed E-state index contributed by atoms with van der Waals surface area (Å²) in [6.45, 7) is 4.92. The third-order valence-electron chi connectivity index (χ3n) is 0.435. The molecule has 0 amide bonds. The van der Waals surface area contributed by atoms with E-state index in [9.17, 15) is 8.42 Å². The number of nitrogens with one attached hydrogen (secondary N) is 1. The molecule has 0 radical (unpaired) electrons. The van der Waals surface area contributed by atoms with Crippen LogP contribution >= 0.6 is 0 Å². The van der Waals surface area contributed by atoms with Crippen molar-refractivity contribution in [3.63, 3.8) is 0 Å². The van der Waals surface area contributed by atoms with Gasteiger partial charge in [-0.15, -0.1) is 0 Å². The summed E-state index contributed by atoms with van der Waals surface area (Å²) < 4.78 is 30.4. The summed E-state index contributed by atoms with van der Waals surface area (Å²) in [5.74, 6) is 0. The van der Waals surface area contributed by atoms with E-state index in [1.54, 1.807) is 20.8 Å². The lowest BCUT2D eigenvalue weighted by Crippen LogP contribution is -2.39. The highest BCUT2D eigenvalue weighted by molar-refractivity contribution is 7.83. The summed E-state index contributed by atoms with van der Waals surface area (Å²) in [7, 11) is -4.03. The Morgan fingerprint density at radius 2 is 1.60 bits per heavy atom. The first-order valence-electron chi connectivity index (χ1n) is 2.47. The van der Waals surface area contributed by atoms with Crippen molar-refractivity contribution >= 4 is 10.3 Å². The van der Waals surface area contributed by atoms with Gasteiger partial charge >= 0.3 is 10.3 Å². The minimum Gasteiger partial charge on any atom is -0.344 e. The number of hydrogen-bond donors (Lipinski definition) is 3. The third-order valence-corrected chi connectivity index (χ3v) is 1.31. The van der Waals surface area contributed by atoms with Gasteiger partial charge in [0.1, 0.15) is 0 Å². The van der Waals surface area contributed by atoms with Gasteiger partial charge in [-0.3, -0.25) is 4.55 Å². The molecule has 0 fully saturated rings. The van der Waals surface area contributed by atoms with E-state index in [1.165, 1.54) is 0 Å². The molecule has 64 valence electrons. The molecule has 0 saturated carbocycles. The first-order valence-corrected chi connectivity index (χ1v) is 3.91. The van der Waals surface area contributed by atoms with Crippen molar-refractivity contribution in [3.05, 3.63) is 0 Å². The van der Waals surface area contributed by atoms with Crippen LogP contribution in [0.5, 0.6) is 0 Å². The zero-order valence-corrected chi connectivity index (χ0v) is 7.20. The standard InChI is InChI=1S/C4H11NO3S.H3N/c1-4(2,3)5-9(6,7)8;/h5H,1-3H3,(H,6,7,8);1H3. The second-order valence-electron chi connectivity index (χ2n) is 2.83. The second-order valence-corrected chi connectivity index (χ2v) is 3.98. The molecule has 10 heavy (non-hydrogen) atoms. The van der Waals surface area contributed by atoms with E-state index in [-0.39, 0.29) is 6.15 Å². The highest BCUT2D eigenvalue weighted by Crippen LogP contribution is 1.99. The lowest BCUT2D eigenvalue weighted by molar-refractivity contribution is 0.424. The summed E-state index contributed by atoms with van der Waals surface area (Å²) in [6.07, 6.45) is 0. The molecule has 6 heteroatoms. The van der Waals surface area contributed by atoms with Gasteiger partial charge in [0.15, 0.2) is 0 Å². The van der Waals surface area contributed by atoms with Crippen LogP contribution in [0.4, 0.5) is 0 Å². The Morgan fingerprint density at radius 1 is 1.30 bits per heavy atom. The van der Waals surface area contributed by atoms with Crippen LogP contribution in [0.3, 0.4) is 0 Å². The Labute approximate surface area is 61.3 Å². The summed E-state index contributed by atoms with van der Waals surface area (Å²) in [4.78, 5) is 0. The molecule has 0 aliphatic rings. The Balaban J connectivity index is 0. The maximum absolute atomic E-state index is 10.1. The van der Waals surface area contributed by atoms with Crippen molar-refractivity contribution in [1.29, 1.82) is 0 Å². The van der Waals surface area contributed by atoms with Gasteiger partial charge in [-0.1, -0.05) is 0 Å². The zero-order chi connectivity index (χ0) is 7.71. The molecule has 0 bridgehead atoms. The van der Waals surface area contributed by atoms with Crippen LogP contribution in [-0.4, -0.2) is 18.5 Å². The maximum atomic E-state index is 10.1. The molecule has 0 unspecified atom stereocenters. The summed E-state index contributed by atoms with van der Waals surface area (Å²) >= 11 is 0. The minimum atomic E-state index is -4.03. The normalized spacial score (nSPS) is 12.4. The van der Waals surface area contributed by atoms with Crippen LogP contribution in [0, 0.1) is 0 Å². The average molecular weight is 170 g/mol. The van der Waals surface area contributed by atoms with Gasteiger partial charge in [-0.25, -0.2) is 0 Å². The largest absolute Gasteiger partial charge is 0.344 e. The quantitative estimate of drug-likeness (QED) is 0.494. The number of rotatable bonds is 1. The summed E-state index contributed by atoms with van der Waals surface area (Å²) in [5.41, 5.74) is -0.604. The lowest BCUT2D eigenvalue weighted by atomic mass is 10.1. The van der Waals surface area contributed by atoms with E-state index in [4.69, 9.17) is 4.55 Å². The first-order chi connectivity index (χ1) is 3.71. The second kappa shape index (κ2) is 3.29. The van der Waals surface area contributed by atoms with E-state index in [1.807, 2.05) is 4.72 Å². The lowest BCUT2D eigenvalue weighted by Gasteiger charge is -2.16. The Kier molecular flexibility index (Phi) is 4.11. The van der Waals surface area contributed by atoms with E-state index in [2.05, 4.69) is 0 Å². The fraction of sp³-hybridized carbons (Fsp3) is 1.00. The van der Waals surface area contributed by atoms with Gasteiger partial charge in [0, 0.05) is 5.54 Å². The van der Waals surface area contributed by atoms with Gasteiger partial charge in [-0.2, -0.15) is 13.1 Å². The molecule has 0 atom stereocenters. The molecule has 0 spiro atoms. The molecule has 5 N–H and O–H groups in total. The maximum Gasteiger partial charge on any atom is 0.333 e. The van der Waals surface area contributed by atoms with Crippen LogP contribution in [0.1, 0.15) is 20.8 Å². The van der Waals surface area contributed by atoms with Gasteiger partial charge < -0.3 is 6.15 Å². The Morgan fingerprint density at radius 3 is 1.60 bits per heavy atom. The SMILES string of the molecule is CC(C)(C)NS(=O)(=O)O.N. The first kappa shape index (κ1) is 12.5. The van der Waals surface area contributed by atoms with Gasteiger partial charge in [0.05, 0.1) is 0 Å². The van der Waals surface area contributed by atoms with Crippen molar-refractivity contribution in [2.75, 3.05) is 0 Å². The van der Waals surface area contributed by atoms with Crippen molar-refractivity contribution in [3.8, 4) is 0 Å².